The van der Waals surface area contributed by atoms with E-state index in [9.17, 15) is 0 Å². The van der Waals surface area contributed by atoms with Crippen LogP contribution < -0.4 is 10.2 Å². The quantitative estimate of drug-likeness (QED) is 0.411. The van der Waals surface area contributed by atoms with E-state index in [1.54, 1.807) is 0 Å². The van der Waals surface area contributed by atoms with E-state index >= 15 is 0 Å². The highest BCUT2D eigenvalue weighted by atomic mass is 127. The molecule has 0 saturated carbocycles. The lowest BCUT2D eigenvalue weighted by Crippen LogP contribution is -2.52. The lowest BCUT2D eigenvalue weighted by molar-refractivity contribution is 0.214. The second-order valence-corrected chi connectivity index (χ2v) is 7.82. The number of hydrogen-bond acceptors (Lipinski definition) is 4. The first kappa shape index (κ1) is 20.8. The molecule has 0 amide bonds. The summed E-state index contributed by atoms with van der Waals surface area (Å²) in [6.45, 7) is 10.7. The largest absolute Gasteiger partial charge is 0.360 e. The van der Waals surface area contributed by atoms with E-state index in [2.05, 4.69) is 51.5 Å². The Morgan fingerprint density at radius 2 is 2.08 bits per heavy atom. The number of nitrogens with one attached hydrogen (secondary N) is 1. The van der Waals surface area contributed by atoms with Crippen molar-refractivity contribution in [2.75, 3.05) is 64.3 Å². The molecule has 2 aliphatic rings. The number of anilines is 1. The summed E-state index contributed by atoms with van der Waals surface area (Å²) in [5.41, 5.74) is 0. The Labute approximate surface area is 173 Å². The van der Waals surface area contributed by atoms with Crippen LogP contribution in [-0.2, 0) is 0 Å². The molecule has 3 heterocycles. The highest BCUT2D eigenvalue weighted by Crippen LogP contribution is 2.22. The van der Waals surface area contributed by atoms with Gasteiger partial charge in [-0.1, -0.05) is 0 Å². The Balaban J connectivity index is 0.00000225. The number of thiophene rings is 1. The minimum Gasteiger partial charge on any atom is -0.360 e. The third kappa shape index (κ3) is 5.99. The molecule has 0 bridgehead atoms. The van der Waals surface area contributed by atoms with Crippen LogP contribution in [0.25, 0.3) is 0 Å². The monoisotopic (exact) mass is 477 g/mol. The number of likely N-dealkylation sites (tertiary alicyclic amines) is 1. The van der Waals surface area contributed by atoms with Crippen LogP contribution in [0.15, 0.2) is 22.5 Å². The predicted molar refractivity (Wildman–Crippen MR) is 120 cm³/mol. The Morgan fingerprint density at radius 1 is 1.28 bits per heavy atom. The molecule has 0 aromatic carbocycles. The van der Waals surface area contributed by atoms with E-state index in [0.29, 0.717) is 5.92 Å². The van der Waals surface area contributed by atoms with Crippen molar-refractivity contribution in [1.82, 2.24) is 15.1 Å². The van der Waals surface area contributed by atoms with Crippen molar-refractivity contribution >= 4 is 46.3 Å². The number of nitrogens with zero attached hydrogens (tertiary/aromatic N) is 4. The summed E-state index contributed by atoms with van der Waals surface area (Å²) in [5, 5.41) is 7.05. The van der Waals surface area contributed by atoms with E-state index in [-0.39, 0.29) is 24.0 Å². The fourth-order valence-electron chi connectivity index (χ4n) is 3.65. The van der Waals surface area contributed by atoms with Gasteiger partial charge in [-0.15, -0.1) is 35.3 Å². The SMILES string of the molecule is CCNC(=NCC1CCCN(C)C1)N1CCN(c2cccs2)CC1.I. The average molecular weight is 477 g/mol. The zero-order chi connectivity index (χ0) is 16.8. The van der Waals surface area contributed by atoms with Crippen molar-refractivity contribution in [2.45, 2.75) is 19.8 Å². The molecule has 1 N–H and O–H groups in total. The van der Waals surface area contributed by atoms with Gasteiger partial charge in [0, 0.05) is 45.8 Å². The van der Waals surface area contributed by atoms with Crippen molar-refractivity contribution in [2.24, 2.45) is 10.9 Å². The topological polar surface area (TPSA) is 34.1 Å². The molecule has 1 atom stereocenters. The summed E-state index contributed by atoms with van der Waals surface area (Å²) in [6.07, 6.45) is 2.63. The molecular weight excluding hydrogens is 445 g/mol. The highest BCUT2D eigenvalue weighted by Gasteiger charge is 2.21. The summed E-state index contributed by atoms with van der Waals surface area (Å²) in [5.74, 6) is 1.82. The van der Waals surface area contributed by atoms with Crippen molar-refractivity contribution in [1.29, 1.82) is 0 Å². The standard InChI is InChI=1S/C18H31N5S.HI/c1-3-19-18(20-14-16-6-4-8-21(2)15-16)23-11-9-22(10-12-23)17-7-5-13-24-17;/h5,7,13,16H,3-4,6,8-12,14-15H2,1-2H3,(H,19,20);1H. The van der Waals surface area contributed by atoms with Gasteiger partial charge in [0.25, 0.3) is 0 Å². The normalized spacial score (nSPS) is 22.6. The number of guanidine groups is 1. The number of piperazine rings is 1. The van der Waals surface area contributed by atoms with Gasteiger partial charge in [-0.2, -0.15) is 0 Å². The summed E-state index contributed by atoms with van der Waals surface area (Å²) in [6, 6.07) is 4.36. The van der Waals surface area contributed by atoms with Crippen LogP contribution in [0.2, 0.25) is 0 Å². The first-order chi connectivity index (χ1) is 11.8. The second-order valence-electron chi connectivity index (χ2n) is 6.89. The van der Waals surface area contributed by atoms with Gasteiger partial charge in [0.05, 0.1) is 5.00 Å². The predicted octanol–water partition coefficient (Wildman–Crippen LogP) is 2.80. The smallest absolute Gasteiger partial charge is 0.194 e. The van der Waals surface area contributed by atoms with Gasteiger partial charge >= 0.3 is 0 Å². The number of aliphatic imine (C=N–C) groups is 1. The third-order valence-corrected chi connectivity index (χ3v) is 5.88. The van der Waals surface area contributed by atoms with Crippen LogP contribution in [-0.4, -0.2) is 75.2 Å². The number of hydrogen-bond donors (Lipinski definition) is 1. The molecule has 7 heteroatoms. The Bertz CT molecular complexity index is 514. The Hall–Kier alpha value is -0.540. The molecule has 142 valence electrons. The Kier molecular flexibility index (Phi) is 8.78. The molecule has 2 aliphatic heterocycles. The summed E-state index contributed by atoms with van der Waals surface area (Å²) in [7, 11) is 2.23. The van der Waals surface area contributed by atoms with Gasteiger partial charge in [-0.3, -0.25) is 4.99 Å². The van der Waals surface area contributed by atoms with Crippen LogP contribution >= 0.6 is 35.3 Å². The zero-order valence-electron chi connectivity index (χ0n) is 15.5. The van der Waals surface area contributed by atoms with Crippen molar-refractivity contribution in [3.63, 3.8) is 0 Å². The molecule has 5 nitrogen and oxygen atoms in total. The van der Waals surface area contributed by atoms with Gasteiger partial charge in [0.15, 0.2) is 5.96 Å². The Morgan fingerprint density at radius 3 is 2.72 bits per heavy atom. The lowest BCUT2D eigenvalue weighted by Gasteiger charge is -2.37. The fraction of sp³-hybridized carbons (Fsp3) is 0.722. The molecular formula is C18H32IN5S. The first-order valence-corrected chi connectivity index (χ1v) is 10.1. The van der Waals surface area contributed by atoms with Crippen LogP contribution in [0.1, 0.15) is 19.8 Å². The van der Waals surface area contributed by atoms with Crippen LogP contribution in [0, 0.1) is 5.92 Å². The molecule has 0 radical (unpaired) electrons. The van der Waals surface area contributed by atoms with Crippen LogP contribution in [0.4, 0.5) is 5.00 Å². The third-order valence-electron chi connectivity index (χ3n) is 4.95. The average Bonchev–Trinajstić information content (AvgIpc) is 3.13. The lowest BCUT2D eigenvalue weighted by atomic mass is 9.99. The number of rotatable bonds is 4. The molecule has 0 spiro atoms. The molecule has 3 rings (SSSR count). The summed E-state index contributed by atoms with van der Waals surface area (Å²) >= 11 is 1.84. The van der Waals surface area contributed by atoms with E-state index in [0.717, 1.165) is 45.2 Å². The zero-order valence-corrected chi connectivity index (χ0v) is 18.6. The number of piperidine rings is 1. The molecule has 1 unspecified atom stereocenters. The van der Waals surface area contributed by atoms with Gasteiger partial charge in [-0.05, 0) is 56.8 Å². The van der Waals surface area contributed by atoms with Crippen molar-refractivity contribution in [3.8, 4) is 0 Å². The molecule has 2 fully saturated rings. The van der Waals surface area contributed by atoms with Crippen LogP contribution in [0.3, 0.4) is 0 Å². The minimum absolute atomic E-state index is 0. The van der Waals surface area contributed by atoms with E-state index < -0.39 is 0 Å². The van der Waals surface area contributed by atoms with Gasteiger partial charge < -0.3 is 20.0 Å². The van der Waals surface area contributed by atoms with Crippen molar-refractivity contribution in [3.05, 3.63) is 17.5 Å². The minimum atomic E-state index is 0. The molecule has 1 aromatic heterocycles. The van der Waals surface area contributed by atoms with Gasteiger partial charge in [0.1, 0.15) is 0 Å². The molecule has 25 heavy (non-hydrogen) atoms. The summed E-state index contributed by atoms with van der Waals surface area (Å²) in [4.78, 5) is 12.3. The number of halogens is 1. The molecule has 1 aromatic rings. The highest BCUT2D eigenvalue weighted by molar-refractivity contribution is 14.0. The van der Waals surface area contributed by atoms with E-state index in [1.807, 2.05) is 11.3 Å². The maximum atomic E-state index is 4.97. The van der Waals surface area contributed by atoms with Crippen molar-refractivity contribution < 1.29 is 0 Å². The van der Waals surface area contributed by atoms with Crippen LogP contribution in [0.5, 0.6) is 0 Å². The maximum Gasteiger partial charge on any atom is 0.194 e. The molecule has 0 aliphatic carbocycles. The summed E-state index contributed by atoms with van der Waals surface area (Å²) < 4.78 is 0. The van der Waals surface area contributed by atoms with E-state index in [4.69, 9.17) is 4.99 Å². The van der Waals surface area contributed by atoms with Gasteiger partial charge in [0.2, 0.25) is 0 Å². The first-order valence-electron chi connectivity index (χ1n) is 9.26. The second kappa shape index (κ2) is 10.6. The molecule has 2 saturated heterocycles. The van der Waals surface area contributed by atoms with E-state index in [1.165, 1.54) is 30.9 Å². The fourth-order valence-corrected chi connectivity index (χ4v) is 4.44. The van der Waals surface area contributed by atoms with Gasteiger partial charge in [-0.25, -0.2) is 0 Å². The maximum absolute atomic E-state index is 4.97.